The Kier molecular flexibility index (Phi) is 9.44. The van der Waals surface area contributed by atoms with Gasteiger partial charge in [-0.15, -0.1) is 0 Å². The monoisotopic (exact) mass is 554 g/mol. The standard InChI is InChI=1S/C18H16F6N4O3.C3H4O4/c19-10-6-12(21)11(20)4-8(10)3-9(25)5-14(29)27-1-2-28-13(7-27)15(16(30)31)26-17(28)18(22,23)24;4-2(5)1-3(6)7/h4,6,9H,1-3,5,7,25H2,(H,30,31);1H2,(H,4,5)(H,6,7)/t9-;/m1./s1. The summed E-state index contributed by atoms with van der Waals surface area (Å²) in [5.74, 6) is -9.96. The van der Waals surface area contributed by atoms with Gasteiger partial charge in [0.2, 0.25) is 11.7 Å². The number of nitrogens with two attached hydrogens (primary N) is 1. The Hall–Kier alpha value is -4.15. The molecule has 38 heavy (non-hydrogen) atoms. The predicted molar refractivity (Wildman–Crippen MR) is 112 cm³/mol. The number of imidazole rings is 1. The SMILES string of the molecule is N[C@@H](CC(=O)N1CCn2c(C(F)(F)F)nc(C(=O)O)c2C1)Cc1cc(F)c(F)cc1F.O=C(O)CC(=O)O. The number of nitrogens with zero attached hydrogens (tertiary/aromatic N) is 3. The van der Waals surface area contributed by atoms with Gasteiger partial charge in [-0.25, -0.2) is 22.9 Å². The molecule has 0 saturated heterocycles. The largest absolute Gasteiger partial charge is 0.481 e. The van der Waals surface area contributed by atoms with Gasteiger partial charge >= 0.3 is 24.1 Å². The Balaban J connectivity index is 0.000000638. The van der Waals surface area contributed by atoms with Crippen LogP contribution in [-0.2, 0) is 40.1 Å². The van der Waals surface area contributed by atoms with Gasteiger partial charge in [0.1, 0.15) is 12.2 Å². The number of benzene rings is 1. The molecule has 1 amide bonds. The van der Waals surface area contributed by atoms with Gasteiger partial charge in [0, 0.05) is 31.6 Å². The number of amides is 1. The van der Waals surface area contributed by atoms with Crippen molar-refractivity contribution in [1.29, 1.82) is 0 Å². The van der Waals surface area contributed by atoms with Gasteiger partial charge < -0.3 is 30.5 Å². The maximum atomic E-state index is 13.8. The Morgan fingerprint density at radius 1 is 0.974 bits per heavy atom. The fraction of sp³-hybridized carbons (Fsp3) is 0.381. The zero-order chi connectivity index (χ0) is 28.9. The molecular formula is C21H20F6N4O7. The van der Waals surface area contributed by atoms with Gasteiger partial charge in [-0.3, -0.25) is 14.4 Å². The van der Waals surface area contributed by atoms with Gasteiger partial charge in [0.25, 0.3) is 0 Å². The average molecular weight is 554 g/mol. The first-order chi connectivity index (χ1) is 17.5. The lowest BCUT2D eigenvalue weighted by Gasteiger charge is -2.30. The van der Waals surface area contributed by atoms with E-state index in [-0.39, 0.29) is 37.2 Å². The maximum Gasteiger partial charge on any atom is 0.449 e. The van der Waals surface area contributed by atoms with E-state index in [4.69, 9.17) is 21.1 Å². The molecule has 1 atom stereocenters. The highest BCUT2D eigenvalue weighted by Gasteiger charge is 2.41. The van der Waals surface area contributed by atoms with Crippen molar-refractivity contribution in [2.24, 2.45) is 5.73 Å². The summed E-state index contributed by atoms with van der Waals surface area (Å²) in [4.78, 5) is 47.0. The van der Waals surface area contributed by atoms with Crippen LogP contribution in [0.15, 0.2) is 12.1 Å². The van der Waals surface area contributed by atoms with Crippen molar-refractivity contribution < 1.29 is 60.8 Å². The Morgan fingerprint density at radius 3 is 2.05 bits per heavy atom. The van der Waals surface area contributed by atoms with E-state index >= 15 is 0 Å². The molecule has 1 aliphatic rings. The number of halogens is 6. The van der Waals surface area contributed by atoms with Gasteiger partial charge in [0.15, 0.2) is 17.3 Å². The molecule has 0 aliphatic carbocycles. The van der Waals surface area contributed by atoms with Crippen LogP contribution in [0.25, 0.3) is 0 Å². The highest BCUT2D eigenvalue weighted by molar-refractivity contribution is 5.89. The van der Waals surface area contributed by atoms with Crippen LogP contribution in [0.4, 0.5) is 26.3 Å². The van der Waals surface area contributed by atoms with E-state index in [0.717, 1.165) is 4.90 Å². The van der Waals surface area contributed by atoms with Gasteiger partial charge in [-0.2, -0.15) is 13.2 Å². The number of fused-ring (bicyclic) bond motifs is 1. The van der Waals surface area contributed by atoms with Crippen LogP contribution in [0.3, 0.4) is 0 Å². The molecule has 1 aromatic carbocycles. The number of aromatic nitrogens is 2. The summed E-state index contributed by atoms with van der Waals surface area (Å²) in [5, 5.41) is 24.6. The molecular weight excluding hydrogens is 534 g/mol. The Bertz CT molecular complexity index is 1240. The second kappa shape index (κ2) is 11.9. The topological polar surface area (TPSA) is 176 Å². The number of carbonyl (C=O) groups is 4. The first-order valence-corrected chi connectivity index (χ1v) is 10.5. The van der Waals surface area contributed by atoms with Crippen molar-refractivity contribution in [3.8, 4) is 0 Å². The van der Waals surface area contributed by atoms with E-state index in [1.54, 1.807) is 0 Å². The fourth-order valence-corrected chi connectivity index (χ4v) is 3.53. The Morgan fingerprint density at radius 2 is 1.55 bits per heavy atom. The number of carboxylic acids is 3. The van der Waals surface area contributed by atoms with Gasteiger partial charge in [0.05, 0.1) is 12.2 Å². The summed E-state index contributed by atoms with van der Waals surface area (Å²) in [6, 6.07) is -0.00786. The molecule has 0 fully saturated rings. The van der Waals surface area contributed by atoms with Crippen LogP contribution < -0.4 is 5.73 Å². The molecule has 17 heteroatoms. The van der Waals surface area contributed by atoms with E-state index in [2.05, 4.69) is 4.98 Å². The lowest BCUT2D eigenvalue weighted by atomic mass is 10.0. The molecule has 0 saturated carbocycles. The normalized spacial score (nSPS) is 13.7. The number of rotatable bonds is 7. The highest BCUT2D eigenvalue weighted by Crippen LogP contribution is 2.32. The second-order valence-electron chi connectivity index (χ2n) is 7.99. The fourth-order valence-electron chi connectivity index (χ4n) is 3.53. The second-order valence-corrected chi connectivity index (χ2v) is 7.99. The molecule has 2 heterocycles. The lowest BCUT2D eigenvalue weighted by Crippen LogP contribution is -2.42. The molecule has 0 spiro atoms. The molecule has 1 aromatic heterocycles. The van der Waals surface area contributed by atoms with Crippen LogP contribution in [0.5, 0.6) is 0 Å². The summed E-state index contributed by atoms with van der Waals surface area (Å²) in [6.07, 6.45) is -6.34. The van der Waals surface area contributed by atoms with E-state index in [0.29, 0.717) is 16.7 Å². The van der Waals surface area contributed by atoms with Crippen LogP contribution in [0, 0.1) is 17.5 Å². The summed E-state index contributed by atoms with van der Waals surface area (Å²) in [5.41, 5.74) is 4.49. The third-order valence-corrected chi connectivity index (χ3v) is 5.13. The lowest BCUT2D eigenvalue weighted by molar-refractivity contribution is -0.149. The summed E-state index contributed by atoms with van der Waals surface area (Å²) in [7, 11) is 0. The van der Waals surface area contributed by atoms with Crippen molar-refractivity contribution in [1.82, 2.24) is 14.5 Å². The maximum absolute atomic E-state index is 13.8. The molecule has 5 N–H and O–H groups in total. The van der Waals surface area contributed by atoms with E-state index < -0.39 is 78.0 Å². The number of aliphatic carboxylic acids is 2. The van der Waals surface area contributed by atoms with Gasteiger partial charge in [-0.1, -0.05) is 0 Å². The average Bonchev–Trinajstić information content (AvgIpc) is 3.16. The predicted octanol–water partition coefficient (Wildman–Crippen LogP) is 1.87. The van der Waals surface area contributed by atoms with Crippen LogP contribution in [-0.4, -0.2) is 66.2 Å². The summed E-state index contributed by atoms with van der Waals surface area (Å²) >= 11 is 0. The zero-order valence-corrected chi connectivity index (χ0v) is 19.1. The number of hydrogen-bond donors (Lipinski definition) is 4. The molecule has 2 aromatic rings. The number of aromatic carboxylic acids is 1. The zero-order valence-electron chi connectivity index (χ0n) is 19.1. The quantitative estimate of drug-likeness (QED) is 0.226. The van der Waals surface area contributed by atoms with Crippen molar-refractivity contribution in [3.05, 3.63) is 52.4 Å². The molecule has 208 valence electrons. The third kappa shape index (κ3) is 7.67. The first kappa shape index (κ1) is 30.1. The minimum atomic E-state index is -4.87. The summed E-state index contributed by atoms with van der Waals surface area (Å²) < 4.78 is 80.1. The minimum absolute atomic E-state index is 0.156. The number of carboxylic acid groups (broad SMARTS) is 3. The smallest absolute Gasteiger partial charge is 0.449 e. The number of hydrogen-bond acceptors (Lipinski definition) is 6. The van der Waals surface area contributed by atoms with E-state index in [1.807, 2.05) is 0 Å². The molecule has 1 aliphatic heterocycles. The number of alkyl halides is 3. The highest BCUT2D eigenvalue weighted by atomic mass is 19.4. The molecule has 0 bridgehead atoms. The third-order valence-electron chi connectivity index (χ3n) is 5.13. The van der Waals surface area contributed by atoms with E-state index in [1.165, 1.54) is 0 Å². The van der Waals surface area contributed by atoms with Crippen LogP contribution in [0.1, 0.15) is 40.4 Å². The Labute approximate surface area is 209 Å². The van der Waals surface area contributed by atoms with Crippen molar-refractivity contribution >= 4 is 23.8 Å². The van der Waals surface area contributed by atoms with Crippen LogP contribution >= 0.6 is 0 Å². The van der Waals surface area contributed by atoms with Crippen LogP contribution in [0.2, 0.25) is 0 Å². The molecule has 11 nitrogen and oxygen atoms in total. The molecule has 0 unspecified atom stereocenters. The molecule has 0 radical (unpaired) electrons. The molecule has 3 rings (SSSR count). The van der Waals surface area contributed by atoms with Crippen molar-refractivity contribution in [2.75, 3.05) is 6.54 Å². The number of carbonyl (C=O) groups excluding carboxylic acids is 1. The van der Waals surface area contributed by atoms with E-state index in [9.17, 15) is 45.5 Å². The van der Waals surface area contributed by atoms with Gasteiger partial charge in [-0.05, 0) is 18.1 Å². The summed E-state index contributed by atoms with van der Waals surface area (Å²) in [6.45, 7) is -0.921. The minimum Gasteiger partial charge on any atom is -0.481 e. The van der Waals surface area contributed by atoms with Crippen molar-refractivity contribution in [2.45, 2.75) is 44.6 Å². The first-order valence-electron chi connectivity index (χ1n) is 10.5. The van der Waals surface area contributed by atoms with Crippen molar-refractivity contribution in [3.63, 3.8) is 0 Å².